The molecule has 2 N–H and O–H groups in total. The first-order valence-electron chi connectivity index (χ1n) is 13.7. The van der Waals surface area contributed by atoms with Gasteiger partial charge in [-0.2, -0.15) is 0 Å². The van der Waals surface area contributed by atoms with Gasteiger partial charge < -0.3 is 29.7 Å². The molecule has 2 bridgehead atoms. The second-order valence-corrected chi connectivity index (χ2v) is 10.5. The first-order valence-corrected chi connectivity index (χ1v) is 13.7. The van der Waals surface area contributed by atoms with Gasteiger partial charge in [0.25, 0.3) is 0 Å². The van der Waals surface area contributed by atoms with E-state index in [2.05, 4.69) is 64.8 Å². The molecule has 7 rings (SSSR count). The number of aromatic nitrogens is 5. The molecule has 204 valence electrons. The summed E-state index contributed by atoms with van der Waals surface area (Å²) in [5, 5.41) is 4.41. The quantitative estimate of drug-likeness (QED) is 0.357. The minimum Gasteiger partial charge on any atom is -0.378 e. The van der Waals surface area contributed by atoms with Gasteiger partial charge in [0.1, 0.15) is 17.8 Å². The van der Waals surface area contributed by atoms with Crippen molar-refractivity contribution in [2.45, 2.75) is 24.9 Å². The van der Waals surface area contributed by atoms with Gasteiger partial charge in [-0.1, -0.05) is 18.7 Å². The van der Waals surface area contributed by atoms with E-state index in [1.165, 1.54) is 6.08 Å². The molecular formula is C29H31N9O2. The maximum Gasteiger partial charge on any atom is 0.246 e. The molecule has 4 aromatic rings. The van der Waals surface area contributed by atoms with Crippen molar-refractivity contribution in [1.82, 2.24) is 29.8 Å². The van der Waals surface area contributed by atoms with Crippen molar-refractivity contribution in [1.29, 1.82) is 0 Å². The number of hydrogen-bond donors (Lipinski definition) is 2. The normalized spacial score (nSPS) is 20.6. The van der Waals surface area contributed by atoms with Gasteiger partial charge in [0.2, 0.25) is 11.9 Å². The monoisotopic (exact) mass is 537 g/mol. The van der Waals surface area contributed by atoms with E-state index in [0.717, 1.165) is 78.5 Å². The number of aromatic amines is 1. The lowest BCUT2D eigenvalue weighted by Gasteiger charge is -2.40. The Kier molecular flexibility index (Phi) is 6.27. The molecule has 3 aliphatic heterocycles. The van der Waals surface area contributed by atoms with Gasteiger partial charge in [0.05, 0.1) is 48.8 Å². The van der Waals surface area contributed by atoms with E-state index in [1.54, 1.807) is 6.33 Å². The van der Waals surface area contributed by atoms with Crippen molar-refractivity contribution in [2.75, 3.05) is 54.5 Å². The van der Waals surface area contributed by atoms with Gasteiger partial charge in [-0.3, -0.25) is 4.79 Å². The molecule has 2 unspecified atom stereocenters. The lowest BCUT2D eigenvalue weighted by atomic mass is 10.1. The summed E-state index contributed by atoms with van der Waals surface area (Å²) >= 11 is 0. The van der Waals surface area contributed by atoms with Crippen LogP contribution in [0.3, 0.4) is 0 Å². The Labute approximate surface area is 231 Å². The number of amides is 1. The summed E-state index contributed by atoms with van der Waals surface area (Å²) in [5.41, 5.74) is 4.64. The van der Waals surface area contributed by atoms with Crippen LogP contribution in [-0.4, -0.2) is 87.2 Å². The number of fused-ring (bicyclic) bond motifs is 3. The zero-order chi connectivity index (χ0) is 27.1. The fourth-order valence-electron chi connectivity index (χ4n) is 6.09. The number of nitrogens with one attached hydrogen (secondary N) is 2. The molecule has 0 radical (unpaired) electrons. The van der Waals surface area contributed by atoms with E-state index in [1.807, 2.05) is 29.4 Å². The minimum absolute atomic E-state index is 0.0228. The Bertz CT molecular complexity index is 1520. The second-order valence-electron chi connectivity index (χ2n) is 10.5. The summed E-state index contributed by atoms with van der Waals surface area (Å²) < 4.78 is 5.50. The molecule has 1 amide bonds. The number of anilines is 4. The smallest absolute Gasteiger partial charge is 0.246 e. The number of rotatable bonds is 6. The van der Waals surface area contributed by atoms with Crippen molar-refractivity contribution in [2.24, 2.45) is 0 Å². The summed E-state index contributed by atoms with van der Waals surface area (Å²) in [5.74, 6) is 1.66. The SMILES string of the molecule is C=CC(=O)N1C2CCC1CN(c1ncc(Nc3ccc(-c4cc5c(N6CCOCC6)ncnc5[nH]4)cc3)cn1)C2. The second kappa shape index (κ2) is 10.2. The molecular weight excluding hydrogens is 506 g/mol. The van der Waals surface area contributed by atoms with Crippen LogP contribution in [-0.2, 0) is 9.53 Å². The van der Waals surface area contributed by atoms with Crippen molar-refractivity contribution < 1.29 is 9.53 Å². The van der Waals surface area contributed by atoms with Gasteiger partial charge in [-0.15, -0.1) is 0 Å². The van der Waals surface area contributed by atoms with Crippen molar-refractivity contribution in [3.63, 3.8) is 0 Å². The van der Waals surface area contributed by atoms with Crippen LogP contribution in [0.1, 0.15) is 12.8 Å². The molecule has 3 saturated heterocycles. The number of hydrogen-bond acceptors (Lipinski definition) is 9. The Morgan fingerprint density at radius 2 is 1.70 bits per heavy atom. The van der Waals surface area contributed by atoms with E-state index >= 15 is 0 Å². The topological polar surface area (TPSA) is 115 Å². The summed E-state index contributed by atoms with van der Waals surface area (Å²) in [6.45, 7) is 8.22. The van der Waals surface area contributed by atoms with E-state index in [9.17, 15) is 4.79 Å². The maximum absolute atomic E-state index is 12.2. The molecule has 2 atom stereocenters. The summed E-state index contributed by atoms with van der Waals surface area (Å²) in [7, 11) is 0. The van der Waals surface area contributed by atoms with Gasteiger partial charge in [0, 0.05) is 37.6 Å². The molecule has 11 nitrogen and oxygen atoms in total. The van der Waals surface area contributed by atoms with E-state index in [-0.39, 0.29) is 18.0 Å². The third-order valence-electron chi connectivity index (χ3n) is 8.03. The Hall–Kier alpha value is -4.51. The fourth-order valence-corrected chi connectivity index (χ4v) is 6.09. The lowest BCUT2D eigenvalue weighted by molar-refractivity contribution is -0.129. The average Bonchev–Trinajstić information content (AvgIpc) is 3.56. The molecule has 40 heavy (non-hydrogen) atoms. The summed E-state index contributed by atoms with van der Waals surface area (Å²) in [4.78, 5) is 40.3. The minimum atomic E-state index is 0.0228. The first-order chi connectivity index (χ1) is 19.7. The number of benzene rings is 1. The average molecular weight is 538 g/mol. The molecule has 0 aliphatic carbocycles. The third kappa shape index (κ3) is 4.51. The number of ether oxygens (including phenoxy) is 1. The standard InChI is InChI=1S/C29H31N9O2/c1-2-26(39)38-22-7-8-23(38)17-37(16-22)29-30-14-21(15-31-29)34-20-5-3-19(4-6-20)25-13-24-27(35-25)32-18-33-28(24)36-9-11-40-12-10-36/h2-6,13-15,18,22-23,34H,1,7-12,16-17H2,(H,32,33,35). The number of piperazine rings is 1. The van der Waals surface area contributed by atoms with Crippen LogP contribution < -0.4 is 15.1 Å². The largest absolute Gasteiger partial charge is 0.378 e. The van der Waals surface area contributed by atoms with Crippen molar-refractivity contribution in [3.05, 3.63) is 61.7 Å². The Morgan fingerprint density at radius 1 is 0.975 bits per heavy atom. The van der Waals surface area contributed by atoms with Crippen LogP contribution >= 0.6 is 0 Å². The number of nitrogens with zero attached hydrogens (tertiary/aromatic N) is 7. The van der Waals surface area contributed by atoms with Gasteiger partial charge in [-0.05, 0) is 42.7 Å². The zero-order valence-corrected chi connectivity index (χ0v) is 22.2. The van der Waals surface area contributed by atoms with Crippen molar-refractivity contribution >= 4 is 40.1 Å². The predicted molar refractivity (Wildman–Crippen MR) is 154 cm³/mol. The molecule has 11 heteroatoms. The van der Waals surface area contributed by atoms with Gasteiger partial charge in [-0.25, -0.2) is 19.9 Å². The third-order valence-corrected chi connectivity index (χ3v) is 8.03. The predicted octanol–water partition coefficient (Wildman–Crippen LogP) is 3.36. The zero-order valence-electron chi connectivity index (χ0n) is 22.2. The number of carbonyl (C=O) groups is 1. The van der Waals surface area contributed by atoms with Gasteiger partial charge in [0.15, 0.2) is 0 Å². The highest BCUT2D eigenvalue weighted by Gasteiger charge is 2.42. The highest BCUT2D eigenvalue weighted by atomic mass is 16.5. The van der Waals surface area contributed by atoms with Crippen LogP contribution in [0.25, 0.3) is 22.3 Å². The molecule has 3 aliphatic rings. The van der Waals surface area contributed by atoms with Crippen LogP contribution in [0.4, 0.5) is 23.1 Å². The lowest BCUT2D eigenvalue weighted by Crippen LogP contribution is -2.55. The van der Waals surface area contributed by atoms with Crippen LogP contribution in [0.15, 0.2) is 61.7 Å². The van der Waals surface area contributed by atoms with Crippen molar-refractivity contribution in [3.8, 4) is 11.3 Å². The molecule has 1 aromatic carbocycles. The summed E-state index contributed by atoms with van der Waals surface area (Å²) in [6.07, 6.45) is 8.67. The first kappa shape index (κ1) is 24.5. The number of H-pyrrole nitrogens is 1. The van der Waals surface area contributed by atoms with Crippen LogP contribution in [0.2, 0.25) is 0 Å². The molecule has 0 saturated carbocycles. The fraction of sp³-hybridized carbons (Fsp3) is 0.345. The molecule has 3 aromatic heterocycles. The number of carbonyl (C=O) groups excluding carboxylic acids is 1. The molecule has 6 heterocycles. The van der Waals surface area contributed by atoms with Gasteiger partial charge >= 0.3 is 0 Å². The highest BCUT2D eigenvalue weighted by molar-refractivity contribution is 5.92. The molecule has 0 spiro atoms. The van der Waals surface area contributed by atoms with Crippen LogP contribution in [0, 0.1) is 0 Å². The van der Waals surface area contributed by atoms with E-state index in [4.69, 9.17) is 4.74 Å². The van der Waals surface area contributed by atoms with Crippen LogP contribution in [0.5, 0.6) is 0 Å². The molecule has 3 fully saturated rings. The Morgan fingerprint density at radius 3 is 2.40 bits per heavy atom. The maximum atomic E-state index is 12.2. The highest BCUT2D eigenvalue weighted by Crippen LogP contribution is 2.33. The van der Waals surface area contributed by atoms with E-state index in [0.29, 0.717) is 19.2 Å². The Balaban J connectivity index is 1.02. The number of morpholine rings is 1. The summed E-state index contributed by atoms with van der Waals surface area (Å²) in [6, 6.07) is 10.7. The van der Waals surface area contributed by atoms with E-state index < -0.39 is 0 Å².